The lowest BCUT2D eigenvalue weighted by Crippen LogP contribution is -2.48. The molecule has 0 fully saturated rings. The molecule has 0 saturated heterocycles. The first-order chi connectivity index (χ1) is 15.3. The summed E-state index contributed by atoms with van der Waals surface area (Å²) in [5, 5.41) is 7.04. The number of carbonyl (C=O) groups is 2. The highest BCUT2D eigenvalue weighted by molar-refractivity contribution is 9.10. The quantitative estimate of drug-likeness (QED) is 0.272. The Hall–Kier alpha value is -2.84. The van der Waals surface area contributed by atoms with Gasteiger partial charge in [0.25, 0.3) is 11.8 Å². The number of hydrogen-bond donors (Lipinski definition) is 2. The molecular weight excluding hydrogens is 498 g/mol. The summed E-state index contributed by atoms with van der Waals surface area (Å²) in [4.78, 5) is 25.2. The summed E-state index contributed by atoms with van der Waals surface area (Å²) in [6.07, 6.45) is 3.10. The van der Waals surface area contributed by atoms with E-state index in [0.717, 1.165) is 0 Å². The zero-order chi connectivity index (χ0) is 23.7. The molecule has 9 heteroatoms. The Balaban J connectivity index is 2.10. The number of benzene rings is 2. The van der Waals surface area contributed by atoms with E-state index < -0.39 is 17.9 Å². The van der Waals surface area contributed by atoms with Crippen LogP contribution in [0.1, 0.15) is 29.8 Å². The van der Waals surface area contributed by atoms with Gasteiger partial charge in [-0.25, -0.2) is 5.43 Å². The van der Waals surface area contributed by atoms with Crippen LogP contribution in [-0.2, 0) is 4.79 Å². The SMILES string of the molecule is C=CCOc1c(Br)cc(/C=N/NC(=O)C(NC(=O)c2ccccc2Cl)C(C)C)cc1OC. The second-order valence-electron chi connectivity index (χ2n) is 7.04. The van der Waals surface area contributed by atoms with E-state index in [4.69, 9.17) is 21.1 Å². The molecule has 1 atom stereocenters. The Morgan fingerprint density at radius 3 is 2.62 bits per heavy atom. The van der Waals surface area contributed by atoms with E-state index in [1.54, 1.807) is 42.5 Å². The molecule has 0 bridgehead atoms. The lowest BCUT2D eigenvalue weighted by Gasteiger charge is -2.20. The van der Waals surface area contributed by atoms with Crippen molar-refractivity contribution in [3.8, 4) is 11.5 Å². The minimum absolute atomic E-state index is 0.174. The summed E-state index contributed by atoms with van der Waals surface area (Å²) in [6, 6.07) is 9.34. The summed E-state index contributed by atoms with van der Waals surface area (Å²) >= 11 is 9.52. The maximum absolute atomic E-state index is 12.7. The van der Waals surface area contributed by atoms with Crippen molar-refractivity contribution in [2.24, 2.45) is 11.0 Å². The van der Waals surface area contributed by atoms with E-state index in [1.807, 2.05) is 13.8 Å². The number of methoxy groups -OCH3 is 1. The van der Waals surface area contributed by atoms with Crippen LogP contribution in [0.3, 0.4) is 0 Å². The van der Waals surface area contributed by atoms with Crippen molar-refractivity contribution in [2.45, 2.75) is 19.9 Å². The molecule has 0 aliphatic rings. The van der Waals surface area contributed by atoms with Crippen molar-refractivity contribution in [1.29, 1.82) is 0 Å². The molecule has 2 amide bonds. The number of ether oxygens (including phenoxy) is 2. The molecule has 0 heterocycles. The number of nitrogens with one attached hydrogen (secondary N) is 2. The Labute approximate surface area is 200 Å². The molecule has 2 aromatic carbocycles. The fourth-order valence-electron chi connectivity index (χ4n) is 2.74. The molecule has 0 saturated carbocycles. The van der Waals surface area contributed by atoms with Crippen molar-refractivity contribution in [3.63, 3.8) is 0 Å². The lowest BCUT2D eigenvalue weighted by atomic mass is 10.0. The van der Waals surface area contributed by atoms with Crippen LogP contribution >= 0.6 is 27.5 Å². The van der Waals surface area contributed by atoms with Crippen molar-refractivity contribution < 1.29 is 19.1 Å². The van der Waals surface area contributed by atoms with Gasteiger partial charge in [-0.05, 0) is 51.7 Å². The fraction of sp³-hybridized carbons (Fsp3) is 0.261. The number of hydrogen-bond acceptors (Lipinski definition) is 5. The van der Waals surface area contributed by atoms with Gasteiger partial charge in [0.05, 0.1) is 28.4 Å². The highest BCUT2D eigenvalue weighted by Gasteiger charge is 2.25. The van der Waals surface area contributed by atoms with Crippen LogP contribution < -0.4 is 20.2 Å². The van der Waals surface area contributed by atoms with Gasteiger partial charge in [-0.2, -0.15) is 5.10 Å². The molecule has 0 aliphatic heterocycles. The molecule has 170 valence electrons. The molecule has 2 rings (SSSR count). The molecule has 2 N–H and O–H groups in total. The first-order valence-corrected chi connectivity index (χ1v) is 10.9. The summed E-state index contributed by atoms with van der Waals surface area (Å²) < 4.78 is 11.6. The number of nitrogens with zero attached hydrogens (tertiary/aromatic N) is 1. The van der Waals surface area contributed by atoms with Crippen LogP contribution in [0.25, 0.3) is 0 Å². The highest BCUT2D eigenvalue weighted by Crippen LogP contribution is 2.36. The van der Waals surface area contributed by atoms with Gasteiger partial charge in [-0.15, -0.1) is 0 Å². The number of amides is 2. The molecule has 7 nitrogen and oxygen atoms in total. The van der Waals surface area contributed by atoms with Crippen LogP contribution in [-0.4, -0.2) is 37.8 Å². The average Bonchev–Trinajstić information content (AvgIpc) is 2.76. The van der Waals surface area contributed by atoms with E-state index in [-0.39, 0.29) is 5.92 Å². The van der Waals surface area contributed by atoms with Crippen LogP contribution in [0.5, 0.6) is 11.5 Å². The summed E-state index contributed by atoms with van der Waals surface area (Å²) in [5.41, 5.74) is 3.44. The third kappa shape index (κ3) is 6.83. The first kappa shape index (κ1) is 25.4. The number of rotatable bonds is 10. The predicted molar refractivity (Wildman–Crippen MR) is 130 cm³/mol. The van der Waals surface area contributed by atoms with Gasteiger partial charge in [0.1, 0.15) is 12.6 Å². The molecule has 1 unspecified atom stereocenters. The zero-order valence-electron chi connectivity index (χ0n) is 18.0. The van der Waals surface area contributed by atoms with Gasteiger partial charge >= 0.3 is 0 Å². The third-order valence-electron chi connectivity index (χ3n) is 4.34. The van der Waals surface area contributed by atoms with Crippen LogP contribution in [0.2, 0.25) is 5.02 Å². The third-order valence-corrected chi connectivity index (χ3v) is 5.26. The smallest absolute Gasteiger partial charge is 0.262 e. The highest BCUT2D eigenvalue weighted by atomic mass is 79.9. The Morgan fingerprint density at radius 1 is 1.28 bits per heavy atom. The first-order valence-electron chi connectivity index (χ1n) is 9.78. The van der Waals surface area contributed by atoms with E-state index in [2.05, 4.69) is 38.4 Å². The largest absolute Gasteiger partial charge is 0.493 e. The van der Waals surface area contributed by atoms with Crippen molar-refractivity contribution in [1.82, 2.24) is 10.7 Å². The lowest BCUT2D eigenvalue weighted by molar-refractivity contribution is -0.123. The number of halogens is 2. The average molecular weight is 523 g/mol. The van der Waals surface area contributed by atoms with Gasteiger partial charge in [-0.3, -0.25) is 9.59 Å². The number of hydrazone groups is 1. The zero-order valence-corrected chi connectivity index (χ0v) is 20.4. The van der Waals surface area contributed by atoms with Crippen molar-refractivity contribution >= 4 is 45.6 Å². The fourth-order valence-corrected chi connectivity index (χ4v) is 3.53. The second kappa shape index (κ2) is 12.3. The van der Waals surface area contributed by atoms with E-state index in [9.17, 15) is 9.59 Å². The Morgan fingerprint density at radius 2 is 2.00 bits per heavy atom. The molecule has 0 spiro atoms. The Kier molecular flexibility index (Phi) is 9.74. The van der Waals surface area contributed by atoms with Gasteiger partial charge in [0.15, 0.2) is 11.5 Å². The second-order valence-corrected chi connectivity index (χ2v) is 8.30. The van der Waals surface area contributed by atoms with Gasteiger partial charge in [-0.1, -0.05) is 50.2 Å². The Bertz CT molecular complexity index is 1010. The molecule has 2 aromatic rings. The summed E-state index contributed by atoms with van der Waals surface area (Å²) in [5.74, 6) is -0.0187. The maximum atomic E-state index is 12.7. The molecular formula is C23H25BrClN3O4. The summed E-state index contributed by atoms with van der Waals surface area (Å²) in [7, 11) is 1.53. The van der Waals surface area contributed by atoms with Crippen molar-refractivity contribution in [2.75, 3.05) is 13.7 Å². The van der Waals surface area contributed by atoms with E-state index >= 15 is 0 Å². The van der Waals surface area contributed by atoms with E-state index in [0.29, 0.717) is 38.7 Å². The predicted octanol–water partition coefficient (Wildman–Crippen LogP) is 4.58. The van der Waals surface area contributed by atoms with Crippen LogP contribution in [0.15, 0.2) is 58.6 Å². The van der Waals surface area contributed by atoms with E-state index in [1.165, 1.54) is 13.3 Å². The van der Waals surface area contributed by atoms with Gasteiger partial charge in [0.2, 0.25) is 0 Å². The molecule has 32 heavy (non-hydrogen) atoms. The van der Waals surface area contributed by atoms with Gasteiger partial charge in [0, 0.05) is 0 Å². The van der Waals surface area contributed by atoms with Crippen LogP contribution in [0.4, 0.5) is 0 Å². The topological polar surface area (TPSA) is 89.0 Å². The standard InChI is InChI=1S/C23H25BrClN3O4/c1-5-10-32-21-17(24)11-15(12-19(21)31-4)13-26-28-23(30)20(14(2)3)27-22(29)16-8-6-7-9-18(16)25/h5-9,11-14,20H,1,10H2,2-4H3,(H,27,29)(H,28,30)/b26-13+. The molecule has 0 aliphatic carbocycles. The summed E-state index contributed by atoms with van der Waals surface area (Å²) in [6.45, 7) is 7.60. The maximum Gasteiger partial charge on any atom is 0.262 e. The van der Waals surface area contributed by atoms with Gasteiger partial charge < -0.3 is 14.8 Å². The minimum Gasteiger partial charge on any atom is -0.493 e. The van der Waals surface area contributed by atoms with Crippen LogP contribution in [0, 0.1) is 5.92 Å². The number of carbonyl (C=O) groups excluding carboxylic acids is 2. The minimum atomic E-state index is -0.799. The van der Waals surface area contributed by atoms with Crippen molar-refractivity contribution in [3.05, 3.63) is 69.7 Å². The monoisotopic (exact) mass is 521 g/mol. The normalized spacial score (nSPS) is 11.8. The molecule has 0 radical (unpaired) electrons. The molecule has 0 aromatic heterocycles.